The van der Waals surface area contributed by atoms with E-state index in [9.17, 15) is 0 Å². The number of aromatic nitrogens is 2. The lowest BCUT2D eigenvalue weighted by atomic mass is 9.95. The molecule has 1 aliphatic carbocycles. The maximum Gasteiger partial charge on any atom is 0.113 e. The van der Waals surface area contributed by atoms with Crippen LogP contribution < -0.4 is 0 Å². The van der Waals surface area contributed by atoms with Gasteiger partial charge in [0.2, 0.25) is 0 Å². The largest absolute Gasteiger partial charge is 0.332 e. The molecule has 3 rings (SSSR count). The fraction of sp³-hybridized carbons (Fsp3) is 0.438. The maximum absolute atomic E-state index is 4.55. The first-order chi connectivity index (χ1) is 8.93. The molecule has 2 nitrogen and oxygen atoms in total. The first-order valence-corrected chi connectivity index (χ1v) is 6.99. The van der Waals surface area contributed by atoms with Gasteiger partial charge in [0.25, 0.3) is 0 Å². The molecule has 2 aromatic rings. The van der Waals surface area contributed by atoms with Crippen molar-refractivity contribution >= 4 is 0 Å². The molecule has 94 valence electrons. The molecule has 0 atom stereocenters. The van der Waals surface area contributed by atoms with Gasteiger partial charge >= 0.3 is 0 Å². The zero-order valence-electron chi connectivity index (χ0n) is 10.8. The molecule has 1 aliphatic rings. The van der Waals surface area contributed by atoms with Gasteiger partial charge in [-0.15, -0.1) is 0 Å². The van der Waals surface area contributed by atoms with Crippen LogP contribution in [0.5, 0.6) is 0 Å². The van der Waals surface area contributed by atoms with Gasteiger partial charge in [-0.1, -0.05) is 49.6 Å². The highest BCUT2D eigenvalue weighted by Gasteiger charge is 2.17. The lowest BCUT2D eigenvalue weighted by Gasteiger charge is -2.24. The highest BCUT2D eigenvalue weighted by molar-refractivity contribution is 5.19. The number of benzene rings is 1. The molecule has 1 aromatic carbocycles. The fourth-order valence-electron chi connectivity index (χ4n) is 2.95. The van der Waals surface area contributed by atoms with Gasteiger partial charge in [0, 0.05) is 24.9 Å². The van der Waals surface area contributed by atoms with Gasteiger partial charge in [0.05, 0.1) is 0 Å². The molecule has 1 fully saturated rings. The summed E-state index contributed by atoms with van der Waals surface area (Å²) < 4.78 is 2.41. The lowest BCUT2D eigenvalue weighted by Crippen LogP contribution is -2.15. The average Bonchev–Trinajstić information content (AvgIpc) is 2.89. The minimum atomic E-state index is 0.681. The van der Waals surface area contributed by atoms with E-state index in [1.165, 1.54) is 43.5 Å². The molecule has 0 bridgehead atoms. The summed E-state index contributed by atoms with van der Waals surface area (Å²) in [7, 11) is 0. The summed E-state index contributed by atoms with van der Waals surface area (Å²) in [6.45, 7) is 0. The van der Waals surface area contributed by atoms with Crippen molar-refractivity contribution in [3.63, 3.8) is 0 Å². The van der Waals surface area contributed by atoms with Crippen molar-refractivity contribution < 1.29 is 0 Å². The number of hydrogen-bond donors (Lipinski definition) is 0. The first-order valence-electron chi connectivity index (χ1n) is 6.99. The van der Waals surface area contributed by atoms with E-state index in [0.29, 0.717) is 6.04 Å². The Hall–Kier alpha value is -1.57. The van der Waals surface area contributed by atoms with Crippen molar-refractivity contribution in [1.82, 2.24) is 9.55 Å². The zero-order chi connectivity index (χ0) is 12.2. The third kappa shape index (κ3) is 2.47. The molecule has 0 aliphatic heterocycles. The van der Waals surface area contributed by atoms with E-state index < -0.39 is 0 Å². The van der Waals surface area contributed by atoms with E-state index in [2.05, 4.69) is 46.1 Å². The molecule has 0 spiro atoms. The van der Waals surface area contributed by atoms with Gasteiger partial charge in [-0.05, 0) is 18.4 Å². The molecular weight excluding hydrogens is 220 g/mol. The Balaban J connectivity index is 1.78. The van der Waals surface area contributed by atoms with Crippen molar-refractivity contribution in [2.24, 2.45) is 0 Å². The van der Waals surface area contributed by atoms with Crippen LogP contribution in [0.3, 0.4) is 0 Å². The van der Waals surface area contributed by atoms with E-state index >= 15 is 0 Å². The van der Waals surface area contributed by atoms with Crippen molar-refractivity contribution in [2.75, 3.05) is 0 Å². The van der Waals surface area contributed by atoms with Crippen LogP contribution >= 0.6 is 0 Å². The Morgan fingerprint density at radius 1 is 1.06 bits per heavy atom. The van der Waals surface area contributed by atoms with Gasteiger partial charge < -0.3 is 4.57 Å². The van der Waals surface area contributed by atoms with Gasteiger partial charge in [-0.2, -0.15) is 0 Å². The monoisotopic (exact) mass is 240 g/mol. The zero-order valence-corrected chi connectivity index (χ0v) is 10.8. The minimum Gasteiger partial charge on any atom is -0.332 e. The summed E-state index contributed by atoms with van der Waals surface area (Å²) in [6, 6.07) is 11.3. The Morgan fingerprint density at radius 2 is 1.83 bits per heavy atom. The summed E-state index contributed by atoms with van der Waals surface area (Å²) in [4.78, 5) is 4.55. The van der Waals surface area contributed by atoms with Crippen LogP contribution in [0.2, 0.25) is 0 Å². The van der Waals surface area contributed by atoms with Crippen molar-refractivity contribution in [3.8, 4) is 0 Å². The quantitative estimate of drug-likeness (QED) is 0.793. The third-order valence-corrected chi connectivity index (χ3v) is 3.92. The van der Waals surface area contributed by atoms with E-state index in [1.54, 1.807) is 0 Å². The second kappa shape index (κ2) is 5.38. The van der Waals surface area contributed by atoms with Gasteiger partial charge in [0.15, 0.2) is 0 Å². The number of rotatable bonds is 3. The Morgan fingerprint density at radius 3 is 2.61 bits per heavy atom. The summed E-state index contributed by atoms with van der Waals surface area (Å²) in [5.41, 5.74) is 1.35. The minimum absolute atomic E-state index is 0.681. The molecule has 0 amide bonds. The Kier molecular flexibility index (Phi) is 3.44. The summed E-state index contributed by atoms with van der Waals surface area (Å²) in [5, 5.41) is 0. The molecule has 0 unspecified atom stereocenters. The van der Waals surface area contributed by atoms with Crippen LogP contribution in [0, 0.1) is 0 Å². The van der Waals surface area contributed by atoms with Gasteiger partial charge in [-0.3, -0.25) is 0 Å². The molecule has 1 saturated carbocycles. The maximum atomic E-state index is 4.55. The molecule has 0 saturated heterocycles. The second-order valence-electron chi connectivity index (χ2n) is 5.20. The summed E-state index contributed by atoms with van der Waals surface area (Å²) >= 11 is 0. The van der Waals surface area contributed by atoms with Crippen molar-refractivity contribution in [1.29, 1.82) is 0 Å². The van der Waals surface area contributed by atoms with Gasteiger partial charge in [-0.25, -0.2) is 4.98 Å². The van der Waals surface area contributed by atoms with Crippen LogP contribution in [0.1, 0.15) is 49.5 Å². The fourth-order valence-corrected chi connectivity index (χ4v) is 2.95. The first kappa shape index (κ1) is 11.5. The van der Waals surface area contributed by atoms with E-state index in [1.807, 2.05) is 6.20 Å². The third-order valence-electron chi connectivity index (χ3n) is 3.92. The highest BCUT2D eigenvalue weighted by Crippen LogP contribution is 2.29. The summed E-state index contributed by atoms with van der Waals surface area (Å²) in [6.07, 6.45) is 11.8. The van der Waals surface area contributed by atoms with Crippen LogP contribution in [-0.2, 0) is 6.42 Å². The molecule has 0 N–H and O–H groups in total. The Labute approximate surface area is 109 Å². The molecule has 1 heterocycles. The van der Waals surface area contributed by atoms with Crippen molar-refractivity contribution in [2.45, 2.75) is 44.6 Å². The van der Waals surface area contributed by atoms with Crippen LogP contribution in [0.25, 0.3) is 0 Å². The van der Waals surface area contributed by atoms with E-state index in [0.717, 1.165) is 6.42 Å². The molecule has 2 heteroatoms. The van der Waals surface area contributed by atoms with Crippen LogP contribution in [-0.4, -0.2) is 9.55 Å². The highest BCUT2D eigenvalue weighted by atomic mass is 15.1. The second-order valence-corrected chi connectivity index (χ2v) is 5.20. The van der Waals surface area contributed by atoms with Crippen LogP contribution in [0.15, 0.2) is 42.7 Å². The molecule has 1 aromatic heterocycles. The van der Waals surface area contributed by atoms with E-state index in [4.69, 9.17) is 0 Å². The predicted molar refractivity (Wildman–Crippen MR) is 73.6 cm³/mol. The number of imidazole rings is 1. The smallest absolute Gasteiger partial charge is 0.113 e. The lowest BCUT2D eigenvalue weighted by molar-refractivity contribution is 0.347. The standard InChI is InChI=1S/C16H20N2/c1-3-7-14(8-4-1)13-16-17-11-12-18(16)15-9-5-2-6-10-15/h1,3-4,7-8,11-12,15H,2,5-6,9-10,13H2. The topological polar surface area (TPSA) is 17.8 Å². The van der Waals surface area contributed by atoms with Crippen LogP contribution in [0.4, 0.5) is 0 Å². The van der Waals surface area contributed by atoms with E-state index in [-0.39, 0.29) is 0 Å². The number of nitrogens with zero attached hydrogens (tertiary/aromatic N) is 2. The molecular formula is C16H20N2. The van der Waals surface area contributed by atoms with Crippen molar-refractivity contribution in [3.05, 3.63) is 54.1 Å². The normalized spacial score (nSPS) is 16.9. The molecule has 18 heavy (non-hydrogen) atoms. The van der Waals surface area contributed by atoms with Gasteiger partial charge in [0.1, 0.15) is 5.82 Å². The molecule has 0 radical (unpaired) electrons. The number of hydrogen-bond acceptors (Lipinski definition) is 1. The Bertz CT molecular complexity index is 481. The average molecular weight is 240 g/mol. The predicted octanol–water partition coefficient (Wildman–Crippen LogP) is 3.98. The SMILES string of the molecule is c1ccc(Cc2nccn2C2CCCCC2)cc1. The summed E-state index contributed by atoms with van der Waals surface area (Å²) in [5.74, 6) is 1.22.